The van der Waals surface area contributed by atoms with E-state index in [4.69, 9.17) is 0 Å². The van der Waals surface area contributed by atoms with Crippen LogP contribution in [0.4, 0.5) is 5.69 Å². The second-order valence-electron chi connectivity index (χ2n) is 4.24. The van der Waals surface area contributed by atoms with E-state index in [0.29, 0.717) is 0 Å². The lowest BCUT2D eigenvalue weighted by molar-refractivity contribution is -0.120. The maximum Gasteiger partial charge on any atom is 0.241 e. The number of rotatable bonds is 1. The molecule has 2 rings (SSSR count). The minimum Gasteiger partial charge on any atom is -0.314 e. The summed E-state index contributed by atoms with van der Waals surface area (Å²) in [6.45, 7) is 7.73. The molecule has 2 heteroatoms. The molecule has 78 valence electrons. The van der Waals surface area contributed by atoms with Crippen LogP contribution in [0.5, 0.6) is 0 Å². The molecule has 0 aliphatic carbocycles. The van der Waals surface area contributed by atoms with Gasteiger partial charge in [-0.2, -0.15) is 0 Å². The van der Waals surface area contributed by atoms with E-state index in [9.17, 15) is 4.79 Å². The second kappa shape index (κ2) is 2.96. The highest BCUT2D eigenvalue weighted by atomic mass is 16.2. The number of hydrogen-bond acceptors (Lipinski definition) is 1. The third-order valence-corrected chi connectivity index (χ3v) is 3.29. The summed E-state index contributed by atoms with van der Waals surface area (Å²) in [6, 6.07) is 6.02. The van der Waals surface area contributed by atoms with Gasteiger partial charge in [-0.15, -0.1) is 6.58 Å². The fourth-order valence-corrected chi connectivity index (χ4v) is 2.29. The molecule has 0 unspecified atom stereocenters. The first-order valence-electron chi connectivity index (χ1n) is 5.04. The molecule has 1 aliphatic heterocycles. The molecule has 1 aromatic carbocycles. The zero-order valence-electron chi connectivity index (χ0n) is 9.37. The van der Waals surface area contributed by atoms with E-state index in [1.165, 1.54) is 0 Å². The van der Waals surface area contributed by atoms with Gasteiger partial charge < -0.3 is 4.90 Å². The fraction of sp³-hybridized carbons (Fsp3) is 0.308. The van der Waals surface area contributed by atoms with Gasteiger partial charge in [-0.25, -0.2) is 0 Å². The Morgan fingerprint density at radius 1 is 1.47 bits per heavy atom. The highest BCUT2D eigenvalue weighted by molar-refractivity contribution is 6.09. The van der Waals surface area contributed by atoms with Crippen molar-refractivity contribution in [1.82, 2.24) is 0 Å². The molecule has 0 fully saturated rings. The number of hydrogen-bond donors (Lipinski definition) is 0. The largest absolute Gasteiger partial charge is 0.314 e. The molecule has 0 saturated carbocycles. The second-order valence-corrected chi connectivity index (χ2v) is 4.24. The van der Waals surface area contributed by atoms with Crippen LogP contribution in [-0.4, -0.2) is 13.0 Å². The van der Waals surface area contributed by atoms with Gasteiger partial charge in [0.1, 0.15) is 0 Å². The van der Waals surface area contributed by atoms with Crippen molar-refractivity contribution in [2.24, 2.45) is 0 Å². The van der Waals surface area contributed by atoms with Crippen LogP contribution in [0.3, 0.4) is 0 Å². The summed E-state index contributed by atoms with van der Waals surface area (Å²) < 4.78 is 0. The van der Waals surface area contributed by atoms with E-state index in [1.54, 1.807) is 11.0 Å². The molecule has 1 atom stereocenters. The number of carbonyl (C=O) groups excluding carboxylic acids is 1. The van der Waals surface area contributed by atoms with Crippen LogP contribution in [0.2, 0.25) is 0 Å². The van der Waals surface area contributed by atoms with Crippen LogP contribution >= 0.6 is 0 Å². The summed E-state index contributed by atoms with van der Waals surface area (Å²) >= 11 is 0. The van der Waals surface area contributed by atoms with Crippen LogP contribution in [-0.2, 0) is 10.2 Å². The van der Waals surface area contributed by atoms with Gasteiger partial charge in [0.15, 0.2) is 0 Å². The van der Waals surface area contributed by atoms with Crippen LogP contribution in [0, 0.1) is 6.92 Å². The van der Waals surface area contributed by atoms with E-state index < -0.39 is 5.41 Å². The number of nitrogens with zero attached hydrogens (tertiary/aromatic N) is 1. The summed E-state index contributed by atoms with van der Waals surface area (Å²) in [4.78, 5) is 13.9. The predicted molar refractivity (Wildman–Crippen MR) is 62.1 cm³/mol. The van der Waals surface area contributed by atoms with Crippen molar-refractivity contribution >= 4 is 11.6 Å². The Hall–Kier alpha value is -1.57. The van der Waals surface area contributed by atoms with Crippen molar-refractivity contribution in [3.8, 4) is 0 Å². The predicted octanol–water partition coefficient (Wildman–Crippen LogP) is 2.42. The van der Waals surface area contributed by atoms with E-state index in [2.05, 4.69) is 6.58 Å². The number of carbonyl (C=O) groups is 1. The van der Waals surface area contributed by atoms with E-state index in [1.807, 2.05) is 39.1 Å². The van der Waals surface area contributed by atoms with Crippen molar-refractivity contribution in [1.29, 1.82) is 0 Å². The van der Waals surface area contributed by atoms with E-state index in [0.717, 1.165) is 16.8 Å². The normalized spacial score (nSPS) is 24.2. The van der Waals surface area contributed by atoms with Crippen LogP contribution < -0.4 is 4.90 Å². The Labute approximate surface area is 90.2 Å². The number of aryl methyl sites for hydroxylation is 1. The Morgan fingerprint density at radius 2 is 2.13 bits per heavy atom. The maximum atomic E-state index is 12.1. The van der Waals surface area contributed by atoms with Gasteiger partial charge in [0.2, 0.25) is 5.91 Å². The molecule has 1 heterocycles. The molecule has 2 nitrogen and oxygen atoms in total. The zero-order valence-corrected chi connectivity index (χ0v) is 9.37. The molecular weight excluding hydrogens is 186 g/mol. The monoisotopic (exact) mass is 201 g/mol. The van der Waals surface area contributed by atoms with Crippen molar-refractivity contribution < 1.29 is 4.79 Å². The Morgan fingerprint density at radius 3 is 2.73 bits per heavy atom. The summed E-state index contributed by atoms with van der Waals surface area (Å²) in [5, 5.41) is 0. The van der Waals surface area contributed by atoms with Crippen molar-refractivity contribution in [2.75, 3.05) is 11.9 Å². The van der Waals surface area contributed by atoms with Crippen molar-refractivity contribution in [2.45, 2.75) is 19.3 Å². The summed E-state index contributed by atoms with van der Waals surface area (Å²) in [5.41, 5.74) is 2.67. The summed E-state index contributed by atoms with van der Waals surface area (Å²) in [6.07, 6.45) is 1.73. The Bertz CT molecular complexity index is 450. The third kappa shape index (κ3) is 1.08. The van der Waals surface area contributed by atoms with E-state index in [-0.39, 0.29) is 5.91 Å². The lowest BCUT2D eigenvalue weighted by Crippen LogP contribution is -2.34. The van der Waals surface area contributed by atoms with Crippen LogP contribution in [0.1, 0.15) is 18.1 Å². The highest BCUT2D eigenvalue weighted by Gasteiger charge is 2.44. The lowest BCUT2D eigenvalue weighted by atomic mass is 9.83. The molecule has 1 amide bonds. The summed E-state index contributed by atoms with van der Waals surface area (Å²) in [7, 11) is 1.82. The number of fused-ring (bicyclic) bond motifs is 1. The van der Waals surface area contributed by atoms with Gasteiger partial charge in [-0.3, -0.25) is 4.79 Å². The van der Waals surface area contributed by atoms with Gasteiger partial charge in [0.05, 0.1) is 11.1 Å². The molecule has 0 radical (unpaired) electrons. The van der Waals surface area contributed by atoms with Gasteiger partial charge in [0.25, 0.3) is 0 Å². The SMILES string of the molecule is C=C[C@@]1(C)C(=O)N(C)c2c(C)cccc21. The van der Waals surface area contributed by atoms with Crippen LogP contribution in [0.25, 0.3) is 0 Å². The summed E-state index contributed by atoms with van der Waals surface area (Å²) in [5.74, 6) is 0.0989. The van der Waals surface area contributed by atoms with Gasteiger partial charge in [-0.05, 0) is 25.0 Å². The molecule has 0 saturated heterocycles. The third-order valence-electron chi connectivity index (χ3n) is 3.29. The average Bonchev–Trinajstić information content (AvgIpc) is 2.43. The molecule has 1 aliphatic rings. The molecular formula is C13H15NO. The Balaban J connectivity index is 2.77. The molecule has 0 N–H and O–H groups in total. The first-order valence-corrected chi connectivity index (χ1v) is 5.04. The first kappa shape index (κ1) is 9.97. The van der Waals surface area contributed by atoms with Crippen molar-refractivity contribution in [3.63, 3.8) is 0 Å². The van der Waals surface area contributed by atoms with Crippen molar-refractivity contribution in [3.05, 3.63) is 42.0 Å². The number of para-hydroxylation sites is 1. The number of amides is 1. The molecule has 0 bridgehead atoms. The maximum absolute atomic E-state index is 12.1. The van der Waals surface area contributed by atoms with Crippen LogP contribution in [0.15, 0.2) is 30.9 Å². The van der Waals surface area contributed by atoms with Gasteiger partial charge in [-0.1, -0.05) is 24.3 Å². The molecule has 0 spiro atoms. The molecule has 1 aromatic rings. The minimum atomic E-state index is -0.559. The lowest BCUT2D eigenvalue weighted by Gasteiger charge is -2.17. The average molecular weight is 201 g/mol. The molecule has 0 aromatic heterocycles. The molecule has 15 heavy (non-hydrogen) atoms. The number of anilines is 1. The zero-order chi connectivity index (χ0) is 11.2. The quantitative estimate of drug-likeness (QED) is 0.639. The number of likely N-dealkylation sites (N-methyl/N-ethyl adjacent to an activating group) is 1. The smallest absolute Gasteiger partial charge is 0.241 e. The minimum absolute atomic E-state index is 0.0989. The topological polar surface area (TPSA) is 20.3 Å². The standard InChI is InChI=1S/C13H15NO/c1-5-13(3)10-8-6-7-9(2)11(10)14(4)12(13)15/h5-8H,1H2,2-4H3/t13-/m1/s1. The highest BCUT2D eigenvalue weighted by Crippen LogP contribution is 2.43. The van der Waals surface area contributed by atoms with Gasteiger partial charge >= 0.3 is 0 Å². The number of benzene rings is 1. The first-order chi connectivity index (χ1) is 7.02. The van der Waals surface area contributed by atoms with E-state index >= 15 is 0 Å². The van der Waals surface area contributed by atoms with Gasteiger partial charge in [0, 0.05) is 7.05 Å². The Kier molecular flexibility index (Phi) is 1.97. The fourth-order valence-electron chi connectivity index (χ4n) is 2.29.